The molecule has 0 unspecified atom stereocenters. The van der Waals surface area contributed by atoms with Gasteiger partial charge in [0.15, 0.2) is 0 Å². The Morgan fingerprint density at radius 3 is 2.27 bits per heavy atom. The molecular weight excluding hydrogens is 312 g/mol. The van der Waals surface area contributed by atoms with Crippen molar-refractivity contribution in [3.63, 3.8) is 0 Å². The van der Waals surface area contributed by atoms with Gasteiger partial charge in [-0.2, -0.15) is 0 Å². The van der Waals surface area contributed by atoms with Gasteiger partial charge in [0.2, 0.25) is 0 Å². The summed E-state index contributed by atoms with van der Waals surface area (Å²) in [7, 11) is 0. The zero-order valence-electron chi connectivity index (χ0n) is 5.65. The summed E-state index contributed by atoms with van der Waals surface area (Å²) in [5.41, 5.74) is 0.456. The first-order chi connectivity index (χ1) is 4.72. The van der Waals surface area contributed by atoms with E-state index in [0.29, 0.717) is 5.56 Å². The molecule has 1 N–H and O–H groups in total. The van der Waals surface area contributed by atoms with Crippen molar-refractivity contribution in [2.45, 2.75) is 0 Å². The van der Waals surface area contributed by atoms with Crippen LogP contribution < -0.4 is 0 Å². The summed E-state index contributed by atoms with van der Waals surface area (Å²) < 4.78 is 0. The molecule has 0 spiro atoms. The van der Waals surface area contributed by atoms with E-state index in [-0.39, 0.29) is 26.6 Å². The van der Waals surface area contributed by atoms with E-state index in [0.717, 1.165) is 0 Å². The molecule has 0 saturated heterocycles. The molecule has 2 radical (unpaired) electrons. The number of hydrogen-bond acceptors (Lipinski definition) is 1. The number of rotatable bonds is 1. The first kappa shape index (κ1) is 10.4. The maximum absolute atomic E-state index is 10.3. The van der Waals surface area contributed by atoms with E-state index in [2.05, 4.69) is 0 Å². The van der Waals surface area contributed by atoms with Crippen molar-refractivity contribution < 1.29 is 31.0 Å². The van der Waals surface area contributed by atoms with Crippen molar-refractivity contribution >= 4 is 5.97 Å². The van der Waals surface area contributed by atoms with E-state index >= 15 is 0 Å². The Labute approximate surface area is 79.5 Å². The molecule has 0 aliphatic rings. The minimum Gasteiger partial charge on any atom is -0.478 e. The van der Waals surface area contributed by atoms with Gasteiger partial charge in [-0.25, -0.2) is 4.79 Å². The molecule has 0 aliphatic heterocycles. The van der Waals surface area contributed by atoms with Crippen LogP contribution in [0.3, 0.4) is 0 Å². The summed E-state index contributed by atoms with van der Waals surface area (Å²) >= 11 is 0. The van der Waals surface area contributed by atoms with Gasteiger partial charge < -0.3 is 5.11 Å². The van der Waals surface area contributed by atoms with Gasteiger partial charge >= 0.3 is 5.97 Å². The molecule has 0 bridgehead atoms. The average molecular weight is 318 g/mol. The third-order valence-corrected chi connectivity index (χ3v) is 1.19. The van der Waals surface area contributed by atoms with E-state index in [9.17, 15) is 4.79 Å². The van der Waals surface area contributed by atoms with Crippen LogP contribution in [-0.2, 0) is 21.1 Å². The molecule has 1 aromatic rings. The van der Waals surface area contributed by atoms with Gasteiger partial charge in [-0.3, -0.25) is 0 Å². The summed E-state index contributed by atoms with van der Waals surface area (Å²) in [5.74, 6) is -0.988. The van der Waals surface area contributed by atoms with E-state index in [1.54, 1.807) is 18.2 Å². The molecular formula is C8H6O2W. The standard InChI is InChI=1S/C8H6O2.W/c1-6-4-2-3-5-7(6)8(9)10;/h1-5H,(H,9,10);. The topological polar surface area (TPSA) is 37.3 Å². The predicted molar refractivity (Wildman–Crippen MR) is 36.8 cm³/mol. The molecule has 2 nitrogen and oxygen atoms in total. The van der Waals surface area contributed by atoms with E-state index in [1.807, 2.05) is 0 Å². The first-order valence-electron chi connectivity index (χ1n) is 2.79. The molecule has 0 amide bonds. The minimum absolute atomic E-state index is 0. The zero-order chi connectivity index (χ0) is 7.56. The zero-order valence-corrected chi connectivity index (χ0v) is 8.58. The van der Waals surface area contributed by atoms with Gasteiger partial charge in [0.25, 0.3) is 0 Å². The van der Waals surface area contributed by atoms with Crippen LogP contribution in [0.2, 0.25) is 0 Å². The Kier molecular flexibility index (Phi) is 4.05. The third kappa shape index (κ3) is 2.47. The third-order valence-electron chi connectivity index (χ3n) is 1.19. The molecule has 1 aromatic carbocycles. The summed E-state index contributed by atoms with van der Waals surface area (Å²) in [6.07, 6.45) is 0. The number of carboxylic acid groups (broad SMARTS) is 1. The van der Waals surface area contributed by atoms with Crippen LogP contribution in [0.5, 0.6) is 0 Å². The summed E-state index contributed by atoms with van der Waals surface area (Å²) in [4.78, 5) is 10.3. The van der Waals surface area contributed by atoms with Crippen LogP contribution in [0.15, 0.2) is 24.3 Å². The van der Waals surface area contributed by atoms with Crippen LogP contribution in [0.25, 0.3) is 0 Å². The second-order valence-corrected chi connectivity index (χ2v) is 1.89. The fourth-order valence-corrected chi connectivity index (χ4v) is 0.692. The van der Waals surface area contributed by atoms with Crippen molar-refractivity contribution in [3.05, 3.63) is 42.3 Å². The van der Waals surface area contributed by atoms with Crippen molar-refractivity contribution in [2.75, 3.05) is 0 Å². The second-order valence-electron chi connectivity index (χ2n) is 1.89. The van der Waals surface area contributed by atoms with Crippen LogP contribution in [0, 0.1) is 6.92 Å². The van der Waals surface area contributed by atoms with Crippen LogP contribution in [0.4, 0.5) is 0 Å². The molecule has 0 aromatic heterocycles. The second kappa shape index (κ2) is 4.30. The molecule has 0 heterocycles. The number of aromatic carboxylic acids is 1. The Morgan fingerprint density at radius 1 is 1.36 bits per heavy atom. The van der Waals surface area contributed by atoms with Gasteiger partial charge in [-0.05, 0) is 18.6 Å². The molecule has 0 atom stereocenters. The smallest absolute Gasteiger partial charge is 0.335 e. The summed E-state index contributed by atoms with van der Waals surface area (Å²) in [5, 5.41) is 8.49. The fraction of sp³-hybridized carbons (Fsp3) is 0. The predicted octanol–water partition coefficient (Wildman–Crippen LogP) is 1.44. The van der Waals surface area contributed by atoms with Crippen LogP contribution in [0.1, 0.15) is 15.9 Å². The number of carbonyl (C=O) groups is 1. The largest absolute Gasteiger partial charge is 0.478 e. The van der Waals surface area contributed by atoms with E-state index < -0.39 is 5.97 Å². The number of hydrogen-bond donors (Lipinski definition) is 1. The number of carboxylic acids is 1. The van der Waals surface area contributed by atoms with Crippen molar-refractivity contribution in [1.29, 1.82) is 0 Å². The molecule has 56 valence electrons. The minimum atomic E-state index is -0.988. The quantitative estimate of drug-likeness (QED) is 0.851. The SMILES string of the molecule is [CH]c1ccccc1C(=O)O.[W]. The fourth-order valence-electron chi connectivity index (χ4n) is 0.692. The molecule has 1 rings (SSSR count). The average Bonchev–Trinajstić information content (AvgIpc) is 1.88. The van der Waals surface area contributed by atoms with Gasteiger partial charge in [-0.15, -0.1) is 0 Å². The van der Waals surface area contributed by atoms with Crippen LogP contribution in [-0.4, -0.2) is 11.1 Å². The van der Waals surface area contributed by atoms with E-state index in [1.165, 1.54) is 6.07 Å². The van der Waals surface area contributed by atoms with Gasteiger partial charge in [0, 0.05) is 21.1 Å². The van der Waals surface area contributed by atoms with Crippen LogP contribution >= 0.6 is 0 Å². The monoisotopic (exact) mass is 318 g/mol. The van der Waals surface area contributed by atoms with Gasteiger partial charge in [0.05, 0.1) is 5.56 Å². The van der Waals surface area contributed by atoms with Gasteiger partial charge in [-0.1, -0.05) is 18.2 Å². The molecule has 0 fully saturated rings. The summed E-state index contributed by atoms with van der Waals surface area (Å²) in [6, 6.07) is 6.36. The summed E-state index contributed by atoms with van der Waals surface area (Å²) in [6.45, 7) is 5.34. The Morgan fingerprint density at radius 2 is 1.91 bits per heavy atom. The maximum atomic E-state index is 10.3. The van der Waals surface area contributed by atoms with E-state index in [4.69, 9.17) is 12.0 Å². The van der Waals surface area contributed by atoms with Gasteiger partial charge in [0.1, 0.15) is 0 Å². The molecule has 3 heteroatoms. The molecule has 11 heavy (non-hydrogen) atoms. The molecule has 0 aliphatic carbocycles. The Bertz CT molecular complexity index is 258. The Balaban J connectivity index is 0.000001000. The van der Waals surface area contributed by atoms with Crippen molar-refractivity contribution in [3.8, 4) is 0 Å². The first-order valence-corrected chi connectivity index (χ1v) is 2.79. The number of benzene rings is 1. The maximum Gasteiger partial charge on any atom is 0.335 e. The Hall–Kier alpha value is -0.622. The molecule has 0 saturated carbocycles. The van der Waals surface area contributed by atoms with Crippen molar-refractivity contribution in [1.82, 2.24) is 0 Å². The van der Waals surface area contributed by atoms with Crippen molar-refractivity contribution in [2.24, 2.45) is 0 Å². The normalized spacial score (nSPS) is 8.45.